The molecule has 1 aliphatic rings. The second kappa shape index (κ2) is 8.91. The Hall–Kier alpha value is -3.71. The van der Waals surface area contributed by atoms with Crippen LogP contribution in [0, 0.1) is 13.8 Å². The number of benzene rings is 3. The van der Waals surface area contributed by atoms with Crippen molar-refractivity contribution in [2.24, 2.45) is 0 Å². The maximum atomic E-state index is 13.7. The Kier molecular flexibility index (Phi) is 5.79. The molecular formula is C27H25N3O3S. The molecule has 1 atom stereocenters. The third kappa shape index (κ3) is 4.15. The molecule has 0 saturated carbocycles. The van der Waals surface area contributed by atoms with Crippen molar-refractivity contribution in [3.8, 4) is 5.75 Å². The molecule has 0 aliphatic carbocycles. The first kappa shape index (κ1) is 22.1. The maximum Gasteiger partial charge on any atom is 0.267 e. The zero-order valence-corrected chi connectivity index (χ0v) is 20.1. The monoisotopic (exact) mass is 471 g/mol. The summed E-state index contributed by atoms with van der Waals surface area (Å²) in [6.07, 6.45) is -0.444. The maximum absolute atomic E-state index is 13.7. The largest absolute Gasteiger partial charge is 0.479 e. The van der Waals surface area contributed by atoms with Crippen LogP contribution in [0.5, 0.6) is 5.75 Å². The van der Waals surface area contributed by atoms with Crippen molar-refractivity contribution in [1.29, 1.82) is 0 Å². The molecule has 0 saturated heterocycles. The Balaban J connectivity index is 1.48. The number of anilines is 3. The molecular weight excluding hydrogens is 446 g/mol. The summed E-state index contributed by atoms with van der Waals surface area (Å²) in [6, 6.07) is 21.4. The quantitative estimate of drug-likeness (QED) is 0.370. The molecule has 0 bridgehead atoms. The van der Waals surface area contributed by atoms with Crippen LogP contribution in [0.1, 0.15) is 24.5 Å². The Labute approximate surface area is 202 Å². The number of fused-ring (bicyclic) bond motifs is 2. The smallest absolute Gasteiger partial charge is 0.267 e. The zero-order valence-electron chi connectivity index (χ0n) is 19.3. The Morgan fingerprint density at radius 1 is 1.06 bits per heavy atom. The Bertz CT molecular complexity index is 1340. The van der Waals surface area contributed by atoms with E-state index in [0.717, 1.165) is 27.0 Å². The first-order valence-electron chi connectivity index (χ1n) is 11.2. The summed E-state index contributed by atoms with van der Waals surface area (Å²) < 4.78 is 6.75. The standard InChI is InChI=1S/C27H25N3O3S/c1-17-14-18(2)16-20(15-17)30(27-28-21-8-4-7-11-24(21)34-27)25(31)12-13-29-22-9-5-6-10-23(22)33-19(3)26(29)32/h4-11,14-16,19H,12-13H2,1-3H3/t19-/m0/s1. The Morgan fingerprint density at radius 2 is 1.76 bits per heavy atom. The van der Waals surface area contributed by atoms with Crippen LogP contribution in [0.3, 0.4) is 0 Å². The van der Waals surface area contributed by atoms with Crippen LogP contribution in [0.4, 0.5) is 16.5 Å². The van der Waals surface area contributed by atoms with Crippen molar-refractivity contribution in [1.82, 2.24) is 4.98 Å². The molecule has 4 aromatic rings. The average Bonchev–Trinajstić information content (AvgIpc) is 3.22. The number of aromatic nitrogens is 1. The Morgan fingerprint density at radius 3 is 2.53 bits per heavy atom. The van der Waals surface area contributed by atoms with E-state index in [2.05, 4.69) is 6.07 Å². The van der Waals surface area contributed by atoms with E-state index in [1.54, 1.807) is 16.7 Å². The van der Waals surface area contributed by atoms with Gasteiger partial charge < -0.3 is 9.64 Å². The molecule has 0 unspecified atom stereocenters. The number of carbonyl (C=O) groups is 2. The molecule has 172 valence electrons. The lowest BCUT2D eigenvalue weighted by atomic mass is 10.1. The number of hydrogen-bond acceptors (Lipinski definition) is 5. The van der Waals surface area contributed by atoms with Crippen LogP contribution in [0.15, 0.2) is 66.7 Å². The predicted octanol–water partition coefficient (Wildman–Crippen LogP) is 5.78. The minimum absolute atomic E-state index is 0.117. The first-order chi connectivity index (χ1) is 16.4. The molecule has 0 spiro atoms. The molecule has 1 aliphatic heterocycles. The van der Waals surface area contributed by atoms with Gasteiger partial charge in [-0.3, -0.25) is 14.5 Å². The van der Waals surface area contributed by atoms with Crippen LogP contribution in [0.25, 0.3) is 10.2 Å². The summed E-state index contributed by atoms with van der Waals surface area (Å²) in [5.41, 5.74) is 4.47. The molecule has 0 radical (unpaired) electrons. The number of para-hydroxylation sites is 3. The van der Waals surface area contributed by atoms with E-state index in [0.29, 0.717) is 16.6 Å². The fourth-order valence-corrected chi connectivity index (χ4v) is 5.31. The van der Waals surface area contributed by atoms with Gasteiger partial charge in [0.1, 0.15) is 5.75 Å². The van der Waals surface area contributed by atoms with Crippen molar-refractivity contribution in [3.63, 3.8) is 0 Å². The van der Waals surface area contributed by atoms with Crippen LogP contribution in [-0.4, -0.2) is 29.4 Å². The van der Waals surface area contributed by atoms with Crippen LogP contribution >= 0.6 is 11.3 Å². The van der Waals surface area contributed by atoms with E-state index >= 15 is 0 Å². The first-order valence-corrected chi connectivity index (χ1v) is 12.1. The van der Waals surface area contributed by atoms with Crippen LogP contribution in [0.2, 0.25) is 0 Å². The van der Waals surface area contributed by atoms with E-state index < -0.39 is 6.10 Å². The molecule has 3 aromatic carbocycles. The highest BCUT2D eigenvalue weighted by atomic mass is 32.1. The number of hydrogen-bond donors (Lipinski definition) is 0. The van der Waals surface area contributed by atoms with Gasteiger partial charge in [-0.1, -0.05) is 41.7 Å². The van der Waals surface area contributed by atoms with Gasteiger partial charge in [0.15, 0.2) is 11.2 Å². The molecule has 2 amide bonds. The van der Waals surface area contributed by atoms with Gasteiger partial charge in [0.05, 0.1) is 21.6 Å². The number of thiazole rings is 1. The van der Waals surface area contributed by atoms with Gasteiger partial charge in [-0.05, 0) is 68.3 Å². The lowest BCUT2D eigenvalue weighted by molar-refractivity contribution is -0.125. The van der Waals surface area contributed by atoms with E-state index in [-0.39, 0.29) is 24.8 Å². The highest BCUT2D eigenvalue weighted by molar-refractivity contribution is 7.22. The number of aryl methyl sites for hydroxylation is 2. The number of carbonyl (C=O) groups excluding carboxylic acids is 2. The predicted molar refractivity (Wildman–Crippen MR) is 136 cm³/mol. The molecule has 6 nitrogen and oxygen atoms in total. The summed E-state index contributed by atoms with van der Waals surface area (Å²) in [4.78, 5) is 34.7. The van der Waals surface area contributed by atoms with E-state index in [4.69, 9.17) is 9.72 Å². The van der Waals surface area contributed by atoms with E-state index in [9.17, 15) is 9.59 Å². The lowest BCUT2D eigenvalue weighted by Crippen LogP contribution is -2.45. The SMILES string of the molecule is Cc1cc(C)cc(N(C(=O)CCN2C(=O)[C@H](C)Oc3ccccc32)c2nc3ccccc3s2)c1. The van der Waals surface area contributed by atoms with Crippen molar-refractivity contribution in [3.05, 3.63) is 77.9 Å². The highest BCUT2D eigenvalue weighted by Crippen LogP contribution is 2.36. The van der Waals surface area contributed by atoms with E-state index in [1.807, 2.05) is 74.5 Å². The third-order valence-corrected chi connectivity index (χ3v) is 6.83. The van der Waals surface area contributed by atoms with Crippen molar-refractivity contribution in [2.75, 3.05) is 16.3 Å². The minimum atomic E-state index is -0.593. The van der Waals surface area contributed by atoms with Gasteiger partial charge in [-0.25, -0.2) is 4.98 Å². The summed E-state index contributed by atoms with van der Waals surface area (Å²) in [6.45, 7) is 6.02. The van der Waals surface area contributed by atoms with Gasteiger partial charge in [0, 0.05) is 13.0 Å². The second-order valence-electron chi connectivity index (χ2n) is 8.51. The second-order valence-corrected chi connectivity index (χ2v) is 9.52. The van der Waals surface area contributed by atoms with Gasteiger partial charge >= 0.3 is 0 Å². The molecule has 5 rings (SSSR count). The van der Waals surface area contributed by atoms with Crippen LogP contribution < -0.4 is 14.5 Å². The average molecular weight is 472 g/mol. The molecule has 1 aromatic heterocycles. The number of amides is 2. The van der Waals surface area contributed by atoms with Crippen molar-refractivity contribution in [2.45, 2.75) is 33.3 Å². The van der Waals surface area contributed by atoms with Gasteiger partial charge in [-0.15, -0.1) is 0 Å². The number of ether oxygens (including phenoxy) is 1. The summed E-state index contributed by atoms with van der Waals surface area (Å²) in [5, 5.41) is 0.623. The molecule has 2 heterocycles. The normalized spacial score (nSPS) is 15.2. The van der Waals surface area contributed by atoms with Gasteiger partial charge in [0.25, 0.3) is 5.91 Å². The van der Waals surface area contributed by atoms with E-state index in [1.165, 1.54) is 11.3 Å². The molecule has 0 fully saturated rings. The number of nitrogens with zero attached hydrogens (tertiary/aromatic N) is 3. The van der Waals surface area contributed by atoms with Crippen molar-refractivity contribution < 1.29 is 14.3 Å². The minimum Gasteiger partial charge on any atom is -0.479 e. The molecule has 0 N–H and O–H groups in total. The number of rotatable bonds is 5. The van der Waals surface area contributed by atoms with Crippen molar-refractivity contribution >= 4 is 49.9 Å². The molecule has 34 heavy (non-hydrogen) atoms. The summed E-state index contributed by atoms with van der Waals surface area (Å²) >= 11 is 1.48. The highest BCUT2D eigenvalue weighted by Gasteiger charge is 2.32. The molecule has 7 heteroatoms. The van der Waals surface area contributed by atoms with Crippen LogP contribution in [-0.2, 0) is 9.59 Å². The fraction of sp³-hybridized carbons (Fsp3) is 0.222. The van der Waals surface area contributed by atoms with Gasteiger partial charge in [0.2, 0.25) is 5.91 Å². The summed E-state index contributed by atoms with van der Waals surface area (Å²) in [7, 11) is 0. The summed E-state index contributed by atoms with van der Waals surface area (Å²) in [5.74, 6) is 0.386. The third-order valence-electron chi connectivity index (χ3n) is 5.81. The lowest BCUT2D eigenvalue weighted by Gasteiger charge is -2.33. The fourth-order valence-electron chi connectivity index (χ4n) is 4.31. The van der Waals surface area contributed by atoms with Gasteiger partial charge in [-0.2, -0.15) is 0 Å². The zero-order chi connectivity index (χ0) is 23.8. The topological polar surface area (TPSA) is 62.7 Å².